The zero-order chi connectivity index (χ0) is 15.6. The highest BCUT2D eigenvalue weighted by molar-refractivity contribution is 9.10. The molecule has 0 N–H and O–H groups in total. The third kappa shape index (κ3) is 3.58. The van der Waals surface area contributed by atoms with E-state index in [4.69, 9.17) is 4.74 Å². The molecule has 0 aliphatic heterocycles. The van der Waals surface area contributed by atoms with Crippen molar-refractivity contribution in [3.8, 4) is 11.6 Å². The van der Waals surface area contributed by atoms with Gasteiger partial charge in [0, 0.05) is 16.1 Å². The molecule has 2 rings (SSSR count). The number of hydrogen-bond donors (Lipinski definition) is 0. The largest absolute Gasteiger partial charge is 0.438 e. The molecule has 0 bridgehead atoms. The molecule has 21 heavy (non-hydrogen) atoms. The summed E-state index contributed by atoms with van der Waals surface area (Å²) in [4.78, 5) is 14.3. The van der Waals surface area contributed by atoms with Crippen LogP contribution in [0.1, 0.15) is 30.9 Å². The SMILES string of the molecule is Cc1cc([N+](=O)[O-])cnc1Oc1ccc(Br)cc1C(C)C. The third-order valence-corrected chi connectivity index (χ3v) is 3.52. The molecular formula is C15H15BrN2O3. The van der Waals surface area contributed by atoms with E-state index in [1.807, 2.05) is 18.2 Å². The molecule has 0 fully saturated rings. The van der Waals surface area contributed by atoms with Gasteiger partial charge in [-0.2, -0.15) is 0 Å². The van der Waals surface area contributed by atoms with Crippen molar-refractivity contribution in [2.24, 2.45) is 0 Å². The number of nitrogens with zero attached hydrogens (tertiary/aromatic N) is 2. The highest BCUT2D eigenvalue weighted by Crippen LogP contribution is 2.33. The van der Waals surface area contributed by atoms with Crippen LogP contribution in [0.2, 0.25) is 0 Å². The Morgan fingerprint density at radius 1 is 1.33 bits per heavy atom. The molecule has 5 nitrogen and oxygen atoms in total. The molecule has 110 valence electrons. The molecule has 0 atom stereocenters. The summed E-state index contributed by atoms with van der Waals surface area (Å²) >= 11 is 3.44. The highest BCUT2D eigenvalue weighted by Gasteiger charge is 2.14. The number of pyridine rings is 1. The second-order valence-electron chi connectivity index (χ2n) is 5.01. The summed E-state index contributed by atoms with van der Waals surface area (Å²) < 4.78 is 6.82. The Hall–Kier alpha value is -1.95. The number of ether oxygens (including phenoxy) is 1. The van der Waals surface area contributed by atoms with Crippen molar-refractivity contribution >= 4 is 21.6 Å². The minimum atomic E-state index is -0.469. The second kappa shape index (κ2) is 6.22. The van der Waals surface area contributed by atoms with Gasteiger partial charge < -0.3 is 4.74 Å². The van der Waals surface area contributed by atoms with Crippen LogP contribution in [-0.4, -0.2) is 9.91 Å². The van der Waals surface area contributed by atoms with Gasteiger partial charge in [0.15, 0.2) is 0 Å². The molecule has 0 radical (unpaired) electrons. The molecular weight excluding hydrogens is 336 g/mol. The molecule has 1 aromatic carbocycles. The Balaban J connectivity index is 2.36. The highest BCUT2D eigenvalue weighted by atomic mass is 79.9. The van der Waals surface area contributed by atoms with Gasteiger partial charge in [0.2, 0.25) is 5.88 Å². The molecule has 2 aromatic rings. The summed E-state index contributed by atoms with van der Waals surface area (Å²) in [6, 6.07) is 7.21. The van der Waals surface area contributed by atoms with Crippen molar-refractivity contribution in [1.82, 2.24) is 4.98 Å². The predicted molar refractivity (Wildman–Crippen MR) is 83.9 cm³/mol. The topological polar surface area (TPSA) is 65.3 Å². The molecule has 0 saturated heterocycles. The van der Waals surface area contributed by atoms with E-state index in [-0.39, 0.29) is 11.6 Å². The van der Waals surface area contributed by atoms with Crippen LogP contribution in [-0.2, 0) is 0 Å². The molecule has 1 aromatic heterocycles. The lowest BCUT2D eigenvalue weighted by atomic mass is 10.0. The van der Waals surface area contributed by atoms with E-state index in [1.165, 1.54) is 12.3 Å². The van der Waals surface area contributed by atoms with E-state index < -0.39 is 4.92 Å². The number of rotatable bonds is 4. The molecule has 0 unspecified atom stereocenters. The Morgan fingerprint density at radius 2 is 2.05 bits per heavy atom. The summed E-state index contributed by atoms with van der Waals surface area (Å²) in [5.74, 6) is 1.37. The number of aromatic nitrogens is 1. The fourth-order valence-electron chi connectivity index (χ4n) is 1.92. The maximum atomic E-state index is 10.7. The lowest BCUT2D eigenvalue weighted by Crippen LogP contribution is -1.98. The molecule has 0 saturated carbocycles. The van der Waals surface area contributed by atoms with Gasteiger partial charge >= 0.3 is 0 Å². The summed E-state index contributed by atoms with van der Waals surface area (Å²) in [7, 11) is 0. The van der Waals surface area contributed by atoms with Crippen LogP contribution in [0.4, 0.5) is 5.69 Å². The summed E-state index contributed by atoms with van der Waals surface area (Å²) in [5.41, 5.74) is 1.63. The van der Waals surface area contributed by atoms with E-state index in [2.05, 4.69) is 34.8 Å². The van der Waals surface area contributed by atoms with E-state index in [1.54, 1.807) is 6.92 Å². The minimum Gasteiger partial charge on any atom is -0.438 e. The first-order valence-corrected chi connectivity index (χ1v) is 7.26. The van der Waals surface area contributed by atoms with Gasteiger partial charge in [-0.05, 0) is 36.6 Å². The van der Waals surface area contributed by atoms with Gasteiger partial charge in [0.25, 0.3) is 5.69 Å². The van der Waals surface area contributed by atoms with E-state index >= 15 is 0 Å². The standard InChI is InChI=1S/C15H15BrN2O3/c1-9(2)13-7-11(16)4-5-14(13)21-15-10(3)6-12(8-17-15)18(19)20/h4-9H,1-3H3. The van der Waals surface area contributed by atoms with Crippen molar-refractivity contribution < 1.29 is 9.66 Å². The maximum Gasteiger partial charge on any atom is 0.288 e. The van der Waals surface area contributed by atoms with Crippen molar-refractivity contribution in [3.05, 3.63) is 56.2 Å². The fourth-order valence-corrected chi connectivity index (χ4v) is 2.30. The summed E-state index contributed by atoms with van der Waals surface area (Å²) in [5, 5.41) is 10.7. The Labute approximate surface area is 131 Å². The Morgan fingerprint density at radius 3 is 2.62 bits per heavy atom. The van der Waals surface area contributed by atoms with Gasteiger partial charge in [0.05, 0.1) is 4.92 Å². The zero-order valence-corrected chi connectivity index (χ0v) is 13.5. The molecule has 6 heteroatoms. The Bertz CT molecular complexity index is 687. The average molecular weight is 351 g/mol. The predicted octanol–water partition coefficient (Wildman–Crippen LogP) is 4.98. The number of hydrogen-bond acceptors (Lipinski definition) is 4. The summed E-state index contributed by atoms with van der Waals surface area (Å²) in [6.07, 6.45) is 1.20. The smallest absolute Gasteiger partial charge is 0.288 e. The van der Waals surface area contributed by atoms with Crippen molar-refractivity contribution in [2.75, 3.05) is 0 Å². The second-order valence-corrected chi connectivity index (χ2v) is 5.93. The quantitative estimate of drug-likeness (QED) is 0.576. The van der Waals surface area contributed by atoms with Gasteiger partial charge in [-0.25, -0.2) is 4.98 Å². The molecule has 0 aliphatic rings. The van der Waals surface area contributed by atoms with Crippen LogP contribution < -0.4 is 4.74 Å². The lowest BCUT2D eigenvalue weighted by Gasteiger charge is -2.14. The first kappa shape index (κ1) is 15.4. The molecule has 0 amide bonds. The van der Waals surface area contributed by atoms with Crippen molar-refractivity contribution in [1.29, 1.82) is 0 Å². The van der Waals surface area contributed by atoms with Crippen LogP contribution in [0.5, 0.6) is 11.6 Å². The first-order valence-electron chi connectivity index (χ1n) is 6.47. The molecule has 0 aliphatic carbocycles. The van der Waals surface area contributed by atoms with E-state index in [0.717, 1.165) is 10.0 Å². The Kier molecular flexibility index (Phi) is 4.57. The number of halogens is 1. The van der Waals surface area contributed by atoms with Crippen molar-refractivity contribution in [3.63, 3.8) is 0 Å². The lowest BCUT2D eigenvalue weighted by molar-refractivity contribution is -0.385. The molecule has 0 spiro atoms. The van der Waals surface area contributed by atoms with Crippen LogP contribution in [0, 0.1) is 17.0 Å². The zero-order valence-electron chi connectivity index (χ0n) is 12.0. The number of nitro groups is 1. The van der Waals surface area contributed by atoms with E-state index in [9.17, 15) is 10.1 Å². The van der Waals surface area contributed by atoms with Gasteiger partial charge in [-0.15, -0.1) is 0 Å². The van der Waals surface area contributed by atoms with E-state index in [0.29, 0.717) is 17.2 Å². The van der Waals surface area contributed by atoms with Crippen LogP contribution in [0.15, 0.2) is 34.9 Å². The minimum absolute atomic E-state index is 0.0419. The maximum absolute atomic E-state index is 10.7. The number of aryl methyl sites for hydroxylation is 1. The fraction of sp³-hybridized carbons (Fsp3) is 0.267. The van der Waals surface area contributed by atoms with Gasteiger partial charge in [0.1, 0.15) is 11.9 Å². The van der Waals surface area contributed by atoms with Crippen LogP contribution in [0.25, 0.3) is 0 Å². The van der Waals surface area contributed by atoms with Gasteiger partial charge in [-0.3, -0.25) is 10.1 Å². The van der Waals surface area contributed by atoms with Crippen molar-refractivity contribution in [2.45, 2.75) is 26.7 Å². The normalized spacial score (nSPS) is 10.7. The monoisotopic (exact) mass is 350 g/mol. The average Bonchev–Trinajstić information content (AvgIpc) is 2.42. The molecule has 1 heterocycles. The summed E-state index contributed by atoms with van der Waals surface area (Å²) in [6.45, 7) is 5.89. The third-order valence-electron chi connectivity index (χ3n) is 3.03. The number of benzene rings is 1. The first-order chi connectivity index (χ1) is 9.88. The van der Waals surface area contributed by atoms with Gasteiger partial charge in [-0.1, -0.05) is 29.8 Å². The van der Waals surface area contributed by atoms with Crippen LogP contribution >= 0.6 is 15.9 Å². The van der Waals surface area contributed by atoms with Crippen LogP contribution in [0.3, 0.4) is 0 Å².